The quantitative estimate of drug-likeness (QED) is 0.879. The number of nitrogens with zero attached hydrogens (tertiary/aromatic N) is 1. The second kappa shape index (κ2) is 6.78. The molecule has 2 aromatic rings. The first-order valence-corrected chi connectivity index (χ1v) is 9.01. The monoisotopic (exact) mass is 334 g/mol. The predicted octanol–water partition coefficient (Wildman–Crippen LogP) is 0.860. The second-order valence-corrected chi connectivity index (χ2v) is 7.57. The van der Waals surface area contributed by atoms with Crippen molar-refractivity contribution in [1.82, 2.24) is 9.88 Å². The van der Waals surface area contributed by atoms with Gasteiger partial charge in [0.2, 0.25) is 0 Å². The molecule has 0 fully saturated rings. The summed E-state index contributed by atoms with van der Waals surface area (Å²) >= 11 is 0. The average Bonchev–Trinajstić information content (AvgIpc) is 2.47. The number of carbonyl (C=O) groups excluding carboxylic acids is 1. The van der Waals surface area contributed by atoms with Crippen LogP contribution in [0.3, 0.4) is 0 Å². The maximum atomic E-state index is 12.0. The van der Waals surface area contributed by atoms with Crippen LogP contribution in [0.4, 0.5) is 0 Å². The van der Waals surface area contributed by atoms with Crippen molar-refractivity contribution in [1.29, 1.82) is 0 Å². The second-order valence-electron chi connectivity index (χ2n) is 5.43. The number of pyridine rings is 1. The predicted molar refractivity (Wildman–Crippen MR) is 87.8 cm³/mol. The molecule has 6 nitrogen and oxygen atoms in total. The SMILES string of the molecule is Cn1ccc(C(=O)NCc2ccc(CS(C)(=O)=O)cc2)cc1=O. The Morgan fingerprint density at radius 3 is 2.30 bits per heavy atom. The molecule has 1 N–H and O–H groups in total. The van der Waals surface area contributed by atoms with Crippen LogP contribution in [-0.4, -0.2) is 25.1 Å². The lowest BCUT2D eigenvalue weighted by atomic mass is 10.1. The summed E-state index contributed by atoms with van der Waals surface area (Å²) in [6.07, 6.45) is 2.72. The molecule has 0 spiro atoms. The number of nitrogens with one attached hydrogen (secondary N) is 1. The molecule has 0 aliphatic carbocycles. The number of sulfone groups is 1. The number of aryl methyl sites for hydroxylation is 1. The molecule has 0 atom stereocenters. The van der Waals surface area contributed by atoms with E-state index in [-0.39, 0.29) is 17.2 Å². The summed E-state index contributed by atoms with van der Waals surface area (Å²) < 4.78 is 23.8. The van der Waals surface area contributed by atoms with Crippen LogP contribution in [0, 0.1) is 0 Å². The Morgan fingerprint density at radius 2 is 1.74 bits per heavy atom. The van der Waals surface area contributed by atoms with Gasteiger partial charge in [0.05, 0.1) is 5.75 Å². The van der Waals surface area contributed by atoms with Gasteiger partial charge in [-0.25, -0.2) is 8.42 Å². The van der Waals surface area contributed by atoms with Gasteiger partial charge in [-0.15, -0.1) is 0 Å². The molecular formula is C16H18N2O4S. The number of aromatic nitrogens is 1. The van der Waals surface area contributed by atoms with E-state index in [2.05, 4.69) is 5.32 Å². The van der Waals surface area contributed by atoms with E-state index in [0.717, 1.165) is 5.56 Å². The van der Waals surface area contributed by atoms with Crippen LogP contribution in [0.1, 0.15) is 21.5 Å². The van der Waals surface area contributed by atoms with Crippen LogP contribution in [-0.2, 0) is 29.2 Å². The Hall–Kier alpha value is -2.41. The van der Waals surface area contributed by atoms with Crippen molar-refractivity contribution in [2.75, 3.05) is 6.26 Å². The fourth-order valence-electron chi connectivity index (χ4n) is 2.03. The number of hydrogen-bond acceptors (Lipinski definition) is 4. The van der Waals surface area contributed by atoms with Gasteiger partial charge in [-0.3, -0.25) is 9.59 Å². The smallest absolute Gasteiger partial charge is 0.251 e. The molecule has 0 saturated carbocycles. The van der Waals surface area contributed by atoms with Crippen LogP contribution in [0.5, 0.6) is 0 Å². The van der Waals surface area contributed by atoms with Gasteiger partial charge in [-0.05, 0) is 17.2 Å². The van der Waals surface area contributed by atoms with Gasteiger partial charge in [-0.2, -0.15) is 0 Å². The summed E-state index contributed by atoms with van der Waals surface area (Å²) in [5.74, 6) is -0.338. The largest absolute Gasteiger partial charge is 0.348 e. The Morgan fingerprint density at radius 1 is 1.13 bits per heavy atom. The Balaban J connectivity index is 1.99. The van der Waals surface area contributed by atoms with Crippen molar-refractivity contribution in [2.45, 2.75) is 12.3 Å². The van der Waals surface area contributed by atoms with Crippen molar-refractivity contribution in [3.8, 4) is 0 Å². The van der Waals surface area contributed by atoms with Crippen molar-refractivity contribution >= 4 is 15.7 Å². The van der Waals surface area contributed by atoms with Gasteiger partial charge in [-0.1, -0.05) is 24.3 Å². The Bertz CT molecular complexity index is 868. The number of rotatable bonds is 5. The van der Waals surface area contributed by atoms with Gasteiger partial charge >= 0.3 is 0 Å². The minimum absolute atomic E-state index is 0.00699. The molecule has 1 heterocycles. The first kappa shape index (κ1) is 17.0. The standard InChI is InChI=1S/C16H18N2O4S/c1-18-8-7-14(9-15(18)19)16(20)17-10-12-3-5-13(6-4-12)11-23(2,21)22/h3-9H,10-11H2,1-2H3,(H,17,20). The average molecular weight is 334 g/mol. The Kier molecular flexibility index (Phi) is 5.00. The fourth-order valence-corrected chi connectivity index (χ4v) is 2.83. The molecule has 23 heavy (non-hydrogen) atoms. The molecular weight excluding hydrogens is 316 g/mol. The first-order valence-electron chi connectivity index (χ1n) is 6.95. The van der Waals surface area contributed by atoms with E-state index >= 15 is 0 Å². The van der Waals surface area contributed by atoms with Gasteiger partial charge < -0.3 is 9.88 Å². The molecule has 0 saturated heterocycles. The highest BCUT2D eigenvalue weighted by Crippen LogP contribution is 2.08. The molecule has 0 aliphatic heterocycles. The highest BCUT2D eigenvalue weighted by Gasteiger charge is 2.07. The van der Waals surface area contributed by atoms with Crippen molar-refractivity contribution < 1.29 is 13.2 Å². The van der Waals surface area contributed by atoms with E-state index in [1.54, 1.807) is 37.4 Å². The molecule has 7 heteroatoms. The topological polar surface area (TPSA) is 85.2 Å². The number of hydrogen-bond donors (Lipinski definition) is 1. The van der Waals surface area contributed by atoms with Crippen molar-refractivity contribution in [3.05, 3.63) is 69.6 Å². The molecule has 1 aromatic heterocycles. The number of carbonyl (C=O) groups is 1. The summed E-state index contributed by atoms with van der Waals surface area (Å²) in [5, 5.41) is 2.72. The van der Waals surface area contributed by atoms with E-state index in [9.17, 15) is 18.0 Å². The molecule has 0 radical (unpaired) electrons. The number of amides is 1. The maximum Gasteiger partial charge on any atom is 0.251 e. The molecule has 0 unspecified atom stereocenters. The summed E-state index contributed by atoms with van der Waals surface area (Å²) in [4.78, 5) is 23.5. The molecule has 0 aliphatic rings. The van der Waals surface area contributed by atoms with Crippen LogP contribution in [0.2, 0.25) is 0 Å². The first-order chi connectivity index (χ1) is 10.7. The highest BCUT2D eigenvalue weighted by atomic mass is 32.2. The number of benzene rings is 1. The Labute approximate surface area is 134 Å². The van der Waals surface area contributed by atoms with E-state index in [1.807, 2.05) is 0 Å². The van der Waals surface area contributed by atoms with Gasteiger partial charge in [0.1, 0.15) is 0 Å². The minimum atomic E-state index is -3.06. The van der Waals surface area contributed by atoms with E-state index in [4.69, 9.17) is 0 Å². The zero-order chi connectivity index (χ0) is 17.0. The normalized spacial score (nSPS) is 11.2. The zero-order valence-electron chi connectivity index (χ0n) is 12.9. The highest BCUT2D eigenvalue weighted by molar-refractivity contribution is 7.89. The maximum absolute atomic E-state index is 12.0. The van der Waals surface area contributed by atoms with Crippen LogP contribution in [0.15, 0.2) is 47.4 Å². The lowest BCUT2D eigenvalue weighted by molar-refractivity contribution is 0.0950. The minimum Gasteiger partial charge on any atom is -0.348 e. The van der Waals surface area contributed by atoms with Gasteiger partial charge in [0.15, 0.2) is 9.84 Å². The van der Waals surface area contributed by atoms with Crippen LogP contribution < -0.4 is 10.9 Å². The molecule has 122 valence electrons. The van der Waals surface area contributed by atoms with Gasteiger partial charge in [0.25, 0.3) is 11.5 Å². The third-order valence-corrected chi connectivity index (χ3v) is 4.13. The molecule has 1 amide bonds. The molecule has 1 aromatic carbocycles. The summed E-state index contributed by atoms with van der Waals surface area (Å²) in [7, 11) is -1.45. The van der Waals surface area contributed by atoms with Crippen LogP contribution in [0.25, 0.3) is 0 Å². The molecule has 2 rings (SSSR count). The van der Waals surface area contributed by atoms with Gasteiger partial charge in [0, 0.05) is 37.7 Å². The molecule has 0 bridgehead atoms. The third-order valence-electron chi connectivity index (χ3n) is 3.27. The van der Waals surface area contributed by atoms with Crippen molar-refractivity contribution in [3.63, 3.8) is 0 Å². The summed E-state index contributed by atoms with van der Waals surface area (Å²) in [6, 6.07) is 9.84. The lowest BCUT2D eigenvalue weighted by Crippen LogP contribution is -2.25. The lowest BCUT2D eigenvalue weighted by Gasteiger charge is -2.07. The third kappa shape index (κ3) is 5.07. The zero-order valence-corrected chi connectivity index (χ0v) is 13.8. The van der Waals surface area contributed by atoms with E-state index in [1.165, 1.54) is 23.1 Å². The fraction of sp³-hybridized carbons (Fsp3) is 0.250. The summed E-state index contributed by atoms with van der Waals surface area (Å²) in [6.45, 7) is 0.299. The van der Waals surface area contributed by atoms with E-state index < -0.39 is 9.84 Å². The van der Waals surface area contributed by atoms with Crippen LogP contribution >= 0.6 is 0 Å². The van der Waals surface area contributed by atoms with Crippen molar-refractivity contribution in [2.24, 2.45) is 7.05 Å². The van der Waals surface area contributed by atoms with E-state index in [0.29, 0.717) is 17.7 Å². The summed E-state index contributed by atoms with van der Waals surface area (Å²) in [5.41, 5.74) is 1.61.